The molecule has 1 fully saturated rings. The number of thioether (sulfide) groups is 1. The SMILES string of the molecule is CCC(CC)NCC1CCC(=O)N1CCSc1nc(C(=O)O)cs1. The number of amides is 1. The van der Waals surface area contributed by atoms with Crippen LogP contribution in [0.3, 0.4) is 0 Å². The minimum absolute atomic E-state index is 0.0898. The van der Waals surface area contributed by atoms with Crippen LogP contribution in [0.5, 0.6) is 0 Å². The average Bonchev–Trinajstić information content (AvgIpc) is 3.17. The van der Waals surface area contributed by atoms with Crippen LogP contribution in [0.15, 0.2) is 9.72 Å². The summed E-state index contributed by atoms with van der Waals surface area (Å²) in [6.07, 6.45) is 3.74. The van der Waals surface area contributed by atoms with Gasteiger partial charge in [-0.15, -0.1) is 11.3 Å². The van der Waals surface area contributed by atoms with Crippen molar-refractivity contribution in [1.82, 2.24) is 15.2 Å². The molecule has 2 heterocycles. The number of rotatable bonds is 10. The third-order valence-electron chi connectivity index (χ3n) is 4.34. The van der Waals surface area contributed by atoms with Crippen LogP contribution in [-0.4, -0.2) is 57.8 Å². The lowest BCUT2D eigenvalue weighted by atomic mass is 10.1. The average molecular weight is 372 g/mol. The number of carboxylic acid groups (broad SMARTS) is 1. The number of thiazole rings is 1. The van der Waals surface area contributed by atoms with Gasteiger partial charge in [0.2, 0.25) is 5.91 Å². The molecule has 1 atom stereocenters. The summed E-state index contributed by atoms with van der Waals surface area (Å²) in [6.45, 7) is 5.88. The van der Waals surface area contributed by atoms with Crippen LogP contribution in [0.2, 0.25) is 0 Å². The van der Waals surface area contributed by atoms with E-state index in [9.17, 15) is 9.59 Å². The molecule has 0 saturated carbocycles. The number of nitrogens with zero attached hydrogens (tertiary/aromatic N) is 2. The number of likely N-dealkylation sites (tertiary alicyclic amines) is 1. The van der Waals surface area contributed by atoms with Gasteiger partial charge >= 0.3 is 5.97 Å². The zero-order valence-corrected chi connectivity index (χ0v) is 15.8. The molecule has 0 radical (unpaired) electrons. The third-order valence-corrected chi connectivity index (χ3v) is 6.34. The molecule has 1 aliphatic rings. The van der Waals surface area contributed by atoms with Crippen molar-refractivity contribution in [3.05, 3.63) is 11.1 Å². The van der Waals surface area contributed by atoms with Gasteiger partial charge in [-0.2, -0.15) is 0 Å². The molecule has 0 aliphatic carbocycles. The molecule has 2 N–H and O–H groups in total. The molecule has 2 rings (SSSR count). The van der Waals surface area contributed by atoms with E-state index in [0.717, 1.165) is 35.9 Å². The van der Waals surface area contributed by atoms with Crippen LogP contribution in [0.4, 0.5) is 0 Å². The van der Waals surface area contributed by atoms with E-state index in [-0.39, 0.29) is 17.6 Å². The molecule has 1 aromatic rings. The van der Waals surface area contributed by atoms with Crippen LogP contribution >= 0.6 is 23.1 Å². The number of aromatic nitrogens is 1. The van der Waals surface area contributed by atoms with E-state index < -0.39 is 5.97 Å². The van der Waals surface area contributed by atoms with E-state index in [4.69, 9.17) is 5.11 Å². The van der Waals surface area contributed by atoms with Crippen molar-refractivity contribution >= 4 is 35.0 Å². The van der Waals surface area contributed by atoms with Crippen LogP contribution in [0, 0.1) is 0 Å². The Bertz CT molecular complexity index is 561. The topological polar surface area (TPSA) is 82.5 Å². The quantitative estimate of drug-likeness (QED) is 0.616. The minimum atomic E-state index is -1.000. The van der Waals surface area contributed by atoms with Crippen molar-refractivity contribution in [3.8, 4) is 0 Å². The maximum absolute atomic E-state index is 12.1. The Balaban J connectivity index is 1.80. The number of carbonyl (C=O) groups excluding carboxylic acids is 1. The van der Waals surface area contributed by atoms with Gasteiger partial charge in [-0.3, -0.25) is 4.79 Å². The van der Waals surface area contributed by atoms with Gasteiger partial charge in [0, 0.05) is 42.7 Å². The van der Waals surface area contributed by atoms with Gasteiger partial charge in [-0.1, -0.05) is 25.6 Å². The summed E-state index contributed by atoms with van der Waals surface area (Å²) in [7, 11) is 0. The molecule has 0 bridgehead atoms. The van der Waals surface area contributed by atoms with Crippen LogP contribution < -0.4 is 5.32 Å². The maximum atomic E-state index is 12.1. The predicted octanol–water partition coefficient (Wildman–Crippen LogP) is 2.70. The molecular weight excluding hydrogens is 346 g/mol. The van der Waals surface area contributed by atoms with Gasteiger partial charge in [-0.25, -0.2) is 9.78 Å². The second-order valence-corrected chi connectivity index (χ2v) is 8.05. The summed E-state index contributed by atoms with van der Waals surface area (Å²) < 4.78 is 0.741. The zero-order valence-electron chi connectivity index (χ0n) is 14.2. The lowest BCUT2D eigenvalue weighted by molar-refractivity contribution is -0.128. The van der Waals surface area contributed by atoms with E-state index in [1.807, 2.05) is 4.90 Å². The molecular formula is C16H25N3O3S2. The minimum Gasteiger partial charge on any atom is -0.476 e. The first kappa shape index (κ1) is 19.2. The summed E-state index contributed by atoms with van der Waals surface area (Å²) in [5.41, 5.74) is 0.0898. The van der Waals surface area contributed by atoms with Gasteiger partial charge in [0.25, 0.3) is 0 Å². The van der Waals surface area contributed by atoms with Crippen molar-refractivity contribution in [2.45, 2.75) is 56.0 Å². The van der Waals surface area contributed by atoms with Crippen molar-refractivity contribution in [2.24, 2.45) is 0 Å². The van der Waals surface area contributed by atoms with E-state index in [0.29, 0.717) is 19.0 Å². The van der Waals surface area contributed by atoms with Gasteiger partial charge in [-0.05, 0) is 19.3 Å². The summed E-state index contributed by atoms with van der Waals surface area (Å²) >= 11 is 2.85. The highest BCUT2D eigenvalue weighted by Gasteiger charge is 2.30. The van der Waals surface area contributed by atoms with Gasteiger partial charge in [0.1, 0.15) is 0 Å². The summed E-state index contributed by atoms with van der Waals surface area (Å²) in [6, 6.07) is 0.784. The number of nitrogens with one attached hydrogen (secondary N) is 1. The largest absolute Gasteiger partial charge is 0.476 e. The molecule has 6 nitrogen and oxygen atoms in total. The summed E-state index contributed by atoms with van der Waals surface area (Å²) in [4.78, 5) is 29.0. The van der Waals surface area contributed by atoms with E-state index in [1.165, 1.54) is 23.1 Å². The maximum Gasteiger partial charge on any atom is 0.355 e. The van der Waals surface area contributed by atoms with Gasteiger partial charge in [0.15, 0.2) is 10.0 Å². The molecule has 24 heavy (non-hydrogen) atoms. The third kappa shape index (κ3) is 5.19. The standard InChI is InChI=1S/C16H25N3O3S2/c1-3-11(4-2)17-9-12-5-6-14(20)19(12)7-8-23-16-18-13(10-24-16)15(21)22/h10-12,17H,3-9H2,1-2H3,(H,21,22). The highest BCUT2D eigenvalue weighted by atomic mass is 32.2. The number of hydrogen-bond acceptors (Lipinski definition) is 6. The molecule has 1 unspecified atom stereocenters. The monoisotopic (exact) mass is 371 g/mol. The highest BCUT2D eigenvalue weighted by molar-refractivity contribution is 8.01. The van der Waals surface area contributed by atoms with Crippen LogP contribution in [0.25, 0.3) is 0 Å². The second-order valence-electron chi connectivity index (χ2n) is 5.85. The van der Waals surface area contributed by atoms with Crippen molar-refractivity contribution in [1.29, 1.82) is 0 Å². The molecule has 134 valence electrons. The zero-order chi connectivity index (χ0) is 17.5. The Labute approximate surface area is 151 Å². The molecule has 0 aromatic carbocycles. The highest BCUT2D eigenvalue weighted by Crippen LogP contribution is 2.25. The smallest absolute Gasteiger partial charge is 0.355 e. The molecule has 1 aliphatic heterocycles. The lowest BCUT2D eigenvalue weighted by Crippen LogP contribution is -2.43. The van der Waals surface area contributed by atoms with Crippen molar-refractivity contribution in [3.63, 3.8) is 0 Å². The number of carboxylic acids is 1. The number of aromatic carboxylic acids is 1. The fourth-order valence-corrected chi connectivity index (χ4v) is 4.65. The van der Waals surface area contributed by atoms with Crippen LogP contribution in [0.1, 0.15) is 50.0 Å². The fourth-order valence-electron chi connectivity index (χ4n) is 2.85. The molecule has 1 saturated heterocycles. The Morgan fingerprint density at radius 1 is 1.54 bits per heavy atom. The predicted molar refractivity (Wildman–Crippen MR) is 96.9 cm³/mol. The lowest BCUT2D eigenvalue weighted by Gasteiger charge is -2.26. The Morgan fingerprint density at radius 3 is 2.92 bits per heavy atom. The van der Waals surface area contributed by atoms with E-state index in [2.05, 4.69) is 24.1 Å². The first-order chi connectivity index (χ1) is 11.5. The second kappa shape index (κ2) is 9.39. The van der Waals surface area contributed by atoms with Crippen molar-refractivity contribution < 1.29 is 14.7 Å². The Hall–Kier alpha value is -1.12. The number of carbonyl (C=O) groups is 2. The molecule has 0 spiro atoms. The fraction of sp³-hybridized carbons (Fsp3) is 0.688. The van der Waals surface area contributed by atoms with Crippen molar-refractivity contribution in [2.75, 3.05) is 18.8 Å². The summed E-state index contributed by atoms with van der Waals surface area (Å²) in [5.74, 6) is -0.0440. The Morgan fingerprint density at radius 2 is 2.29 bits per heavy atom. The Kier molecular flexibility index (Phi) is 7.51. The summed E-state index contributed by atoms with van der Waals surface area (Å²) in [5, 5.41) is 14.0. The first-order valence-electron chi connectivity index (χ1n) is 8.39. The van der Waals surface area contributed by atoms with Gasteiger partial charge in [0.05, 0.1) is 0 Å². The van der Waals surface area contributed by atoms with E-state index >= 15 is 0 Å². The van der Waals surface area contributed by atoms with Crippen LogP contribution in [-0.2, 0) is 4.79 Å². The molecule has 8 heteroatoms. The molecule has 1 amide bonds. The molecule has 1 aromatic heterocycles. The first-order valence-corrected chi connectivity index (χ1v) is 10.3. The van der Waals surface area contributed by atoms with E-state index in [1.54, 1.807) is 5.38 Å². The number of hydrogen-bond donors (Lipinski definition) is 2. The normalized spacial score (nSPS) is 17.9. The van der Waals surface area contributed by atoms with Gasteiger partial charge < -0.3 is 15.3 Å².